The van der Waals surface area contributed by atoms with Gasteiger partial charge in [0.1, 0.15) is 6.10 Å². The molecular formula is C30H34N3O6P. The largest absolute Gasteiger partial charge is 0.384 e. The van der Waals surface area contributed by atoms with Crippen molar-refractivity contribution in [2.75, 3.05) is 18.0 Å². The summed E-state index contributed by atoms with van der Waals surface area (Å²) in [5, 5.41) is 14.2. The highest BCUT2D eigenvalue weighted by Gasteiger charge is 2.25. The van der Waals surface area contributed by atoms with Gasteiger partial charge in [0.05, 0.1) is 25.1 Å². The Morgan fingerprint density at radius 2 is 1.45 bits per heavy atom. The lowest BCUT2D eigenvalue weighted by Crippen LogP contribution is -2.35. The molecule has 4 rings (SSSR count). The average Bonchev–Trinajstić information content (AvgIpc) is 2.98. The molecule has 9 nitrogen and oxygen atoms in total. The van der Waals surface area contributed by atoms with E-state index in [0.717, 1.165) is 16.8 Å². The maximum Gasteiger partial charge on any atom is 0.333 e. The minimum absolute atomic E-state index is 0.145. The predicted molar refractivity (Wildman–Crippen MR) is 156 cm³/mol. The van der Waals surface area contributed by atoms with E-state index in [4.69, 9.17) is 9.05 Å². The Hall–Kier alpha value is -3.75. The molecule has 40 heavy (non-hydrogen) atoms. The van der Waals surface area contributed by atoms with Crippen LogP contribution in [-0.4, -0.2) is 27.4 Å². The van der Waals surface area contributed by atoms with Crippen LogP contribution in [0.25, 0.3) is 0 Å². The number of benzene rings is 3. The maximum absolute atomic E-state index is 13.6. The fraction of sp³-hybridized carbons (Fsp3) is 0.267. The van der Waals surface area contributed by atoms with E-state index in [0.29, 0.717) is 18.7 Å². The van der Waals surface area contributed by atoms with Crippen LogP contribution in [0.4, 0.5) is 5.69 Å². The van der Waals surface area contributed by atoms with E-state index in [1.807, 2.05) is 60.7 Å². The molecule has 1 heterocycles. The molecule has 0 fully saturated rings. The van der Waals surface area contributed by atoms with E-state index in [-0.39, 0.29) is 30.6 Å². The van der Waals surface area contributed by atoms with Gasteiger partial charge in [0.25, 0.3) is 5.56 Å². The number of nitrogens with zero attached hydrogens (tertiary/aromatic N) is 1. The number of aliphatic hydroxyl groups is 1. The first-order chi connectivity index (χ1) is 19.3. The van der Waals surface area contributed by atoms with Gasteiger partial charge in [0.15, 0.2) is 0 Å². The Balaban J connectivity index is 1.42. The fourth-order valence-corrected chi connectivity index (χ4v) is 5.70. The summed E-state index contributed by atoms with van der Waals surface area (Å²) in [4.78, 5) is 26.6. The van der Waals surface area contributed by atoms with Crippen LogP contribution >= 0.6 is 7.60 Å². The molecular weight excluding hydrogens is 529 g/mol. The molecule has 0 amide bonds. The summed E-state index contributed by atoms with van der Waals surface area (Å²) < 4.78 is 26.6. The number of nitrogens with one attached hydrogen (secondary N) is 2. The number of hydrogen-bond donors (Lipinski definition) is 3. The molecule has 1 unspecified atom stereocenters. The molecule has 0 radical (unpaired) electrons. The average molecular weight is 564 g/mol. The predicted octanol–water partition coefficient (Wildman–Crippen LogP) is 4.99. The molecule has 0 bridgehead atoms. The van der Waals surface area contributed by atoms with Crippen LogP contribution < -0.4 is 16.6 Å². The van der Waals surface area contributed by atoms with Gasteiger partial charge in [0, 0.05) is 24.3 Å². The first-order valence-electron chi connectivity index (χ1n) is 13.1. The number of anilines is 1. The molecule has 210 valence electrons. The van der Waals surface area contributed by atoms with Gasteiger partial charge in [-0.3, -0.25) is 18.9 Å². The van der Waals surface area contributed by atoms with Crippen molar-refractivity contribution in [3.8, 4) is 0 Å². The molecule has 0 saturated heterocycles. The van der Waals surface area contributed by atoms with Gasteiger partial charge in [-0.05, 0) is 42.7 Å². The Morgan fingerprint density at radius 1 is 0.900 bits per heavy atom. The van der Waals surface area contributed by atoms with E-state index in [1.54, 1.807) is 38.1 Å². The lowest BCUT2D eigenvalue weighted by Gasteiger charge is -2.20. The molecule has 0 aliphatic rings. The molecule has 1 atom stereocenters. The standard InChI is InChI=1S/C30H34N3O6P/c1-3-33-27(22(2)29(35)32-30(33)36)28(34)25-14-16-26(17-15-25)31-18-19-40(37,38-20-23-10-6-4-7-11-23)39-21-24-12-8-5-9-13-24/h4-17,28,31,34H,3,18-21H2,1-2H3,(H,32,35,36). The van der Waals surface area contributed by atoms with Crippen LogP contribution in [0.1, 0.15) is 41.0 Å². The van der Waals surface area contributed by atoms with Crippen LogP contribution in [0.2, 0.25) is 0 Å². The second-order valence-corrected chi connectivity index (χ2v) is 11.5. The number of aromatic amines is 1. The van der Waals surface area contributed by atoms with Crippen molar-refractivity contribution in [3.05, 3.63) is 134 Å². The maximum atomic E-state index is 13.6. The van der Waals surface area contributed by atoms with Crippen LogP contribution in [0, 0.1) is 6.92 Å². The lowest BCUT2D eigenvalue weighted by atomic mass is 10.0. The first kappa shape index (κ1) is 29.2. The Morgan fingerprint density at radius 3 is 1.98 bits per heavy atom. The summed E-state index contributed by atoms with van der Waals surface area (Å²) in [6.07, 6.45) is -1.01. The highest BCUT2D eigenvalue weighted by atomic mass is 31.2. The monoisotopic (exact) mass is 563 g/mol. The highest BCUT2D eigenvalue weighted by molar-refractivity contribution is 7.53. The van der Waals surface area contributed by atoms with Gasteiger partial charge in [0.2, 0.25) is 0 Å². The molecule has 0 aliphatic carbocycles. The molecule has 0 aliphatic heterocycles. The smallest absolute Gasteiger partial charge is 0.333 e. The third kappa shape index (κ3) is 7.46. The normalized spacial score (nSPS) is 12.3. The van der Waals surface area contributed by atoms with Gasteiger partial charge in [-0.2, -0.15) is 0 Å². The molecule has 0 spiro atoms. The molecule has 0 saturated carbocycles. The van der Waals surface area contributed by atoms with Crippen molar-refractivity contribution in [3.63, 3.8) is 0 Å². The molecule has 10 heteroatoms. The number of aliphatic hydroxyl groups excluding tert-OH is 1. The van der Waals surface area contributed by atoms with E-state index in [1.165, 1.54) is 4.57 Å². The zero-order chi connectivity index (χ0) is 28.5. The third-order valence-corrected chi connectivity index (χ3v) is 8.36. The summed E-state index contributed by atoms with van der Waals surface area (Å²) >= 11 is 0. The van der Waals surface area contributed by atoms with Crippen LogP contribution in [0.3, 0.4) is 0 Å². The lowest BCUT2D eigenvalue weighted by molar-refractivity contribution is 0.192. The van der Waals surface area contributed by atoms with Gasteiger partial charge in [-0.25, -0.2) is 4.79 Å². The minimum atomic E-state index is -3.44. The summed E-state index contributed by atoms with van der Waals surface area (Å²) in [6, 6.07) is 26.0. The summed E-state index contributed by atoms with van der Waals surface area (Å²) in [5.41, 5.74) is 2.55. The molecule has 4 aromatic rings. The number of aromatic nitrogens is 2. The zero-order valence-corrected chi connectivity index (χ0v) is 23.5. The highest BCUT2D eigenvalue weighted by Crippen LogP contribution is 2.49. The summed E-state index contributed by atoms with van der Waals surface area (Å²) in [6.45, 7) is 4.33. The van der Waals surface area contributed by atoms with Crippen LogP contribution in [0.15, 0.2) is 94.5 Å². The van der Waals surface area contributed by atoms with Crippen molar-refractivity contribution in [2.45, 2.75) is 39.7 Å². The van der Waals surface area contributed by atoms with E-state index < -0.39 is 24.9 Å². The van der Waals surface area contributed by atoms with Gasteiger partial charge < -0.3 is 19.5 Å². The minimum Gasteiger partial charge on any atom is -0.384 e. The van der Waals surface area contributed by atoms with Crippen molar-refractivity contribution in [1.29, 1.82) is 0 Å². The fourth-order valence-electron chi connectivity index (χ4n) is 4.29. The summed E-state index contributed by atoms with van der Waals surface area (Å²) in [5.74, 6) is 0. The third-order valence-electron chi connectivity index (χ3n) is 6.54. The second-order valence-electron chi connectivity index (χ2n) is 9.32. The SMILES string of the molecule is CCn1c(C(O)c2ccc(NCCP(=O)(OCc3ccccc3)OCc3ccccc3)cc2)c(C)c(=O)[nH]c1=O. The summed E-state index contributed by atoms with van der Waals surface area (Å²) in [7, 11) is -3.44. The molecule has 3 N–H and O–H groups in total. The van der Waals surface area contributed by atoms with E-state index in [2.05, 4.69) is 10.3 Å². The molecule has 3 aromatic carbocycles. The molecule has 1 aromatic heterocycles. The number of rotatable bonds is 13. The van der Waals surface area contributed by atoms with Crippen LogP contribution in [-0.2, 0) is 33.4 Å². The van der Waals surface area contributed by atoms with Gasteiger partial charge in [-0.15, -0.1) is 0 Å². The Bertz CT molecular complexity index is 1510. The second kappa shape index (κ2) is 13.5. The number of H-pyrrole nitrogens is 1. The Labute approximate surface area is 233 Å². The van der Waals surface area contributed by atoms with Crippen molar-refractivity contribution in [1.82, 2.24) is 9.55 Å². The van der Waals surface area contributed by atoms with Gasteiger partial charge in [-0.1, -0.05) is 72.8 Å². The van der Waals surface area contributed by atoms with Crippen molar-refractivity contribution >= 4 is 13.3 Å². The topological polar surface area (TPSA) is 123 Å². The van der Waals surface area contributed by atoms with Crippen LogP contribution in [0.5, 0.6) is 0 Å². The Kier molecular flexibility index (Phi) is 9.90. The van der Waals surface area contributed by atoms with E-state index in [9.17, 15) is 19.3 Å². The van der Waals surface area contributed by atoms with Crippen molar-refractivity contribution < 1.29 is 18.7 Å². The van der Waals surface area contributed by atoms with E-state index >= 15 is 0 Å². The van der Waals surface area contributed by atoms with Crippen molar-refractivity contribution in [2.24, 2.45) is 0 Å². The van der Waals surface area contributed by atoms with Gasteiger partial charge >= 0.3 is 13.3 Å². The number of hydrogen-bond acceptors (Lipinski definition) is 7. The first-order valence-corrected chi connectivity index (χ1v) is 14.8. The quantitative estimate of drug-likeness (QED) is 0.196. The zero-order valence-electron chi connectivity index (χ0n) is 22.6.